The summed E-state index contributed by atoms with van der Waals surface area (Å²) in [7, 11) is 0. The number of hydrogen-bond donors (Lipinski definition) is 3. The molecule has 0 saturated carbocycles. The highest BCUT2D eigenvalue weighted by molar-refractivity contribution is 7.12. The van der Waals surface area contributed by atoms with Gasteiger partial charge in [0, 0.05) is 0 Å². The van der Waals surface area contributed by atoms with Crippen LogP contribution in [0.4, 0.5) is 0 Å². The predicted octanol–water partition coefficient (Wildman–Crippen LogP) is 5.19. The van der Waals surface area contributed by atoms with Gasteiger partial charge in [-0.15, -0.1) is 22.7 Å². The van der Waals surface area contributed by atoms with E-state index in [2.05, 4.69) is 0 Å². The van der Waals surface area contributed by atoms with E-state index in [9.17, 15) is 19.8 Å². The summed E-state index contributed by atoms with van der Waals surface area (Å²) in [5.74, 6) is -2.04. The van der Waals surface area contributed by atoms with Crippen LogP contribution >= 0.6 is 22.7 Å². The van der Waals surface area contributed by atoms with Crippen LogP contribution < -0.4 is 0 Å². The van der Waals surface area contributed by atoms with Crippen molar-refractivity contribution in [3.8, 4) is 11.1 Å². The van der Waals surface area contributed by atoms with E-state index in [4.69, 9.17) is 5.11 Å². The smallest absolute Gasteiger partial charge is 0.346 e. The Labute approximate surface area is 192 Å². The van der Waals surface area contributed by atoms with Gasteiger partial charge in [0.25, 0.3) is 0 Å². The molecule has 0 saturated heterocycles. The Kier molecular flexibility index (Phi) is 5.73. The molecule has 0 amide bonds. The zero-order chi connectivity index (χ0) is 22.9. The monoisotopic (exact) mass is 464 g/mol. The Hall–Kier alpha value is -3.26. The van der Waals surface area contributed by atoms with E-state index in [1.165, 1.54) is 22.7 Å². The minimum atomic E-state index is -1.90. The van der Waals surface area contributed by atoms with E-state index in [0.29, 0.717) is 9.75 Å². The van der Waals surface area contributed by atoms with Crippen molar-refractivity contribution in [3.05, 3.63) is 104 Å². The van der Waals surface area contributed by atoms with Gasteiger partial charge in [0.15, 0.2) is 0 Å². The van der Waals surface area contributed by atoms with Crippen molar-refractivity contribution in [2.24, 2.45) is 0 Å². The van der Waals surface area contributed by atoms with Gasteiger partial charge in [-0.3, -0.25) is 4.79 Å². The summed E-state index contributed by atoms with van der Waals surface area (Å²) in [5, 5.41) is 32.4. The normalized spacial score (nSPS) is 13.4. The molecule has 1 aliphatic rings. The van der Waals surface area contributed by atoms with Crippen molar-refractivity contribution < 1.29 is 24.9 Å². The zero-order valence-electron chi connectivity index (χ0n) is 17.1. The van der Waals surface area contributed by atoms with Gasteiger partial charge in [-0.25, -0.2) is 4.79 Å². The van der Waals surface area contributed by atoms with Gasteiger partial charge < -0.3 is 15.3 Å². The lowest BCUT2D eigenvalue weighted by atomic mass is 9.80. The van der Waals surface area contributed by atoms with Crippen molar-refractivity contribution in [2.45, 2.75) is 17.9 Å². The summed E-state index contributed by atoms with van der Waals surface area (Å²) in [4.78, 5) is 23.7. The number of carbonyl (C=O) groups is 2. The average Bonchev–Trinajstić information content (AvgIpc) is 3.56. The van der Waals surface area contributed by atoms with Crippen LogP contribution in [0.5, 0.6) is 0 Å². The number of rotatable bonds is 4. The Balaban J connectivity index is 0.000000155. The maximum atomic E-state index is 11.6. The third kappa shape index (κ3) is 3.35. The fourth-order valence-electron chi connectivity index (χ4n) is 3.98. The Bertz CT molecular complexity index is 1180. The molecule has 5 nitrogen and oxygen atoms in total. The lowest BCUT2D eigenvalue weighted by molar-refractivity contribution is -0.154. The van der Waals surface area contributed by atoms with E-state index in [-0.39, 0.29) is 0 Å². The minimum absolute atomic E-state index is 0.428. The van der Waals surface area contributed by atoms with Crippen molar-refractivity contribution in [2.75, 3.05) is 0 Å². The van der Waals surface area contributed by atoms with Crippen molar-refractivity contribution >= 4 is 34.6 Å². The third-order valence-electron chi connectivity index (χ3n) is 5.71. The summed E-state index contributed by atoms with van der Waals surface area (Å²) < 4.78 is 0. The first-order valence-corrected chi connectivity index (χ1v) is 11.5. The molecule has 32 heavy (non-hydrogen) atoms. The summed E-state index contributed by atoms with van der Waals surface area (Å²) >= 11 is 2.46. The molecule has 2 aromatic heterocycles. The van der Waals surface area contributed by atoms with Crippen molar-refractivity contribution in [3.63, 3.8) is 0 Å². The minimum Gasteiger partial charge on any atom is -0.480 e. The highest BCUT2D eigenvalue weighted by atomic mass is 32.1. The standard InChI is InChI=1S/C15H12O2.C10H8O3S2/c1-15(14(16)17)12-8-4-2-6-10(12)11-7-3-5-9-13(11)15;11-9(12)10(13,7-3-1-5-14-7)8-4-2-6-15-8/h2-9H,1H3,(H,16,17);1-6,13H,(H,11,12). The van der Waals surface area contributed by atoms with Crippen LogP contribution in [0.1, 0.15) is 27.8 Å². The summed E-state index contributed by atoms with van der Waals surface area (Å²) in [6, 6.07) is 22.2. The molecule has 2 aromatic carbocycles. The van der Waals surface area contributed by atoms with Crippen molar-refractivity contribution in [1.82, 2.24) is 0 Å². The molecule has 0 atom stereocenters. The Morgan fingerprint density at radius 2 is 1.19 bits per heavy atom. The van der Waals surface area contributed by atoms with Crippen LogP contribution in [0.3, 0.4) is 0 Å². The van der Waals surface area contributed by atoms with E-state index < -0.39 is 23.0 Å². The second-order valence-corrected chi connectivity index (χ2v) is 9.39. The van der Waals surface area contributed by atoms with Crippen LogP contribution in [0.2, 0.25) is 0 Å². The molecule has 3 N–H and O–H groups in total. The lowest BCUT2D eigenvalue weighted by Gasteiger charge is -2.21. The quantitative estimate of drug-likeness (QED) is 0.386. The number of benzene rings is 2. The molecular formula is C25H20O5S2. The molecule has 4 aromatic rings. The number of carboxylic acids is 2. The van der Waals surface area contributed by atoms with Gasteiger partial charge in [0.1, 0.15) is 5.41 Å². The van der Waals surface area contributed by atoms with Gasteiger partial charge in [0.05, 0.1) is 9.75 Å². The maximum Gasteiger partial charge on any atom is 0.346 e. The van der Waals surface area contributed by atoms with Crippen LogP contribution in [-0.2, 0) is 20.6 Å². The molecule has 0 spiro atoms. The highest BCUT2D eigenvalue weighted by Gasteiger charge is 2.45. The third-order valence-corrected chi connectivity index (χ3v) is 7.67. The molecule has 5 rings (SSSR count). The molecule has 0 unspecified atom stereocenters. The molecule has 7 heteroatoms. The Morgan fingerprint density at radius 3 is 1.53 bits per heavy atom. The second kappa shape index (κ2) is 8.35. The highest BCUT2D eigenvalue weighted by Crippen LogP contribution is 2.48. The predicted molar refractivity (Wildman–Crippen MR) is 125 cm³/mol. The van der Waals surface area contributed by atoms with E-state index in [1.54, 1.807) is 41.9 Å². The Morgan fingerprint density at radius 1 is 0.750 bits per heavy atom. The molecule has 162 valence electrons. The molecule has 0 aliphatic heterocycles. The van der Waals surface area contributed by atoms with E-state index in [1.807, 2.05) is 48.5 Å². The van der Waals surface area contributed by atoms with Crippen LogP contribution in [0.25, 0.3) is 11.1 Å². The molecular weight excluding hydrogens is 444 g/mol. The topological polar surface area (TPSA) is 94.8 Å². The van der Waals surface area contributed by atoms with Crippen LogP contribution in [0, 0.1) is 0 Å². The molecule has 2 heterocycles. The molecule has 1 aliphatic carbocycles. The van der Waals surface area contributed by atoms with E-state index >= 15 is 0 Å². The number of hydrogen-bond acceptors (Lipinski definition) is 5. The molecule has 0 fully saturated rings. The van der Waals surface area contributed by atoms with Gasteiger partial charge in [-0.1, -0.05) is 60.7 Å². The summed E-state index contributed by atoms with van der Waals surface area (Å²) in [6.45, 7) is 1.78. The molecule has 0 bridgehead atoms. The summed E-state index contributed by atoms with van der Waals surface area (Å²) in [6.07, 6.45) is 0. The fourth-order valence-corrected chi connectivity index (χ4v) is 5.71. The second-order valence-electron chi connectivity index (χ2n) is 7.49. The van der Waals surface area contributed by atoms with Crippen LogP contribution in [0.15, 0.2) is 83.6 Å². The first-order chi connectivity index (χ1) is 15.3. The van der Waals surface area contributed by atoms with Gasteiger partial charge >= 0.3 is 11.9 Å². The van der Waals surface area contributed by atoms with Crippen molar-refractivity contribution in [1.29, 1.82) is 0 Å². The summed E-state index contributed by atoms with van der Waals surface area (Å²) in [5.41, 5.74) is 1.01. The largest absolute Gasteiger partial charge is 0.480 e. The van der Waals surface area contributed by atoms with Gasteiger partial charge in [-0.2, -0.15) is 0 Å². The number of aliphatic hydroxyl groups is 1. The SMILES string of the molecule is CC1(C(=O)O)c2ccccc2-c2ccccc21.O=C(O)C(O)(c1cccs1)c1cccs1. The number of carboxylic acid groups (broad SMARTS) is 2. The van der Waals surface area contributed by atoms with E-state index in [0.717, 1.165) is 22.3 Å². The average molecular weight is 465 g/mol. The zero-order valence-corrected chi connectivity index (χ0v) is 18.7. The number of aliphatic carboxylic acids is 2. The van der Waals surface area contributed by atoms with Gasteiger partial charge in [-0.05, 0) is 52.1 Å². The number of thiophene rings is 2. The van der Waals surface area contributed by atoms with Gasteiger partial charge in [0.2, 0.25) is 5.60 Å². The first-order valence-electron chi connectivity index (χ1n) is 9.77. The fraction of sp³-hybridized carbons (Fsp3) is 0.120. The van der Waals surface area contributed by atoms with Crippen LogP contribution in [-0.4, -0.2) is 27.3 Å². The first kappa shape index (κ1) is 22.0. The molecule has 0 radical (unpaired) electrons. The lowest BCUT2D eigenvalue weighted by Crippen LogP contribution is -2.34. The maximum absolute atomic E-state index is 11.6. The number of fused-ring (bicyclic) bond motifs is 3.